The number of aryl methyl sites for hydroxylation is 1. The summed E-state index contributed by atoms with van der Waals surface area (Å²) >= 11 is 0. The largest absolute Gasteiger partial charge is 0.337 e. The second kappa shape index (κ2) is 7.49. The number of hydrogen-bond acceptors (Lipinski definition) is 2. The second-order valence-corrected chi connectivity index (χ2v) is 4.94. The Balaban J connectivity index is 2.36. The predicted molar refractivity (Wildman–Crippen MR) is 72.9 cm³/mol. The number of hydrogen-bond donors (Lipinski definition) is 1. The lowest BCUT2D eigenvalue weighted by Gasteiger charge is -2.19. The maximum atomic E-state index is 4.38. The van der Waals surface area contributed by atoms with Gasteiger partial charge in [0.1, 0.15) is 5.82 Å². The molecule has 3 nitrogen and oxygen atoms in total. The summed E-state index contributed by atoms with van der Waals surface area (Å²) in [6.07, 6.45) is 9.11. The van der Waals surface area contributed by atoms with E-state index in [1.807, 2.05) is 12.4 Å². The topological polar surface area (TPSA) is 29.9 Å². The monoisotopic (exact) mass is 237 g/mol. The highest BCUT2D eigenvalue weighted by atomic mass is 15.1. The van der Waals surface area contributed by atoms with Crippen LogP contribution in [-0.2, 0) is 7.05 Å². The van der Waals surface area contributed by atoms with Gasteiger partial charge in [0, 0.05) is 19.4 Å². The summed E-state index contributed by atoms with van der Waals surface area (Å²) in [5.74, 6) is 1.92. The molecule has 98 valence electrons. The average molecular weight is 237 g/mol. The molecule has 1 heterocycles. The molecule has 0 aliphatic rings. The van der Waals surface area contributed by atoms with Crippen molar-refractivity contribution >= 4 is 0 Å². The third kappa shape index (κ3) is 4.50. The molecule has 0 saturated carbocycles. The minimum Gasteiger partial charge on any atom is -0.337 e. The van der Waals surface area contributed by atoms with Crippen molar-refractivity contribution in [2.75, 3.05) is 6.54 Å². The Labute approximate surface area is 106 Å². The van der Waals surface area contributed by atoms with Crippen LogP contribution in [0.15, 0.2) is 12.4 Å². The molecule has 0 spiro atoms. The van der Waals surface area contributed by atoms with Gasteiger partial charge in [-0.05, 0) is 25.8 Å². The molecule has 0 fully saturated rings. The van der Waals surface area contributed by atoms with Crippen molar-refractivity contribution in [3.63, 3.8) is 0 Å². The molecule has 2 unspecified atom stereocenters. The van der Waals surface area contributed by atoms with Crippen LogP contribution in [0.2, 0.25) is 0 Å². The summed E-state index contributed by atoms with van der Waals surface area (Å²) < 4.78 is 2.09. The first kappa shape index (κ1) is 14.2. The fourth-order valence-corrected chi connectivity index (χ4v) is 2.17. The van der Waals surface area contributed by atoms with Gasteiger partial charge in [0.25, 0.3) is 0 Å². The van der Waals surface area contributed by atoms with Gasteiger partial charge in [0.05, 0.1) is 6.04 Å². The molecular formula is C14H27N3. The second-order valence-electron chi connectivity index (χ2n) is 4.94. The SMILES string of the molecule is CCCCC(CC)CNC(C)c1nccn1C. The van der Waals surface area contributed by atoms with Crippen molar-refractivity contribution in [3.8, 4) is 0 Å². The summed E-state index contributed by atoms with van der Waals surface area (Å²) in [6.45, 7) is 7.84. The third-order valence-electron chi connectivity index (χ3n) is 3.50. The fourth-order valence-electron chi connectivity index (χ4n) is 2.17. The van der Waals surface area contributed by atoms with Crippen LogP contribution < -0.4 is 5.32 Å². The molecule has 0 amide bonds. The molecule has 0 aliphatic heterocycles. The smallest absolute Gasteiger partial charge is 0.125 e. The number of aromatic nitrogens is 2. The van der Waals surface area contributed by atoms with E-state index in [9.17, 15) is 0 Å². The highest BCUT2D eigenvalue weighted by molar-refractivity contribution is 4.96. The molecule has 1 N–H and O–H groups in total. The Bertz CT molecular complexity index is 306. The zero-order chi connectivity index (χ0) is 12.7. The molecule has 0 radical (unpaired) electrons. The molecule has 0 saturated heterocycles. The lowest BCUT2D eigenvalue weighted by atomic mass is 9.99. The standard InChI is InChI=1S/C14H27N3/c1-5-7-8-13(6-2)11-16-12(3)14-15-9-10-17(14)4/h9-10,12-13,16H,5-8,11H2,1-4H3. The van der Waals surface area contributed by atoms with Crippen molar-refractivity contribution in [2.24, 2.45) is 13.0 Å². The zero-order valence-corrected chi connectivity index (χ0v) is 11.7. The van der Waals surface area contributed by atoms with Crippen LogP contribution in [0, 0.1) is 5.92 Å². The van der Waals surface area contributed by atoms with E-state index in [1.165, 1.54) is 25.7 Å². The first-order chi connectivity index (χ1) is 8.19. The van der Waals surface area contributed by atoms with Gasteiger partial charge in [0.2, 0.25) is 0 Å². The Hall–Kier alpha value is -0.830. The van der Waals surface area contributed by atoms with Crippen LogP contribution >= 0.6 is 0 Å². The minimum atomic E-state index is 0.339. The summed E-state index contributed by atoms with van der Waals surface area (Å²) in [7, 11) is 2.05. The van der Waals surface area contributed by atoms with Crippen LogP contribution in [-0.4, -0.2) is 16.1 Å². The van der Waals surface area contributed by atoms with E-state index in [2.05, 4.69) is 42.7 Å². The van der Waals surface area contributed by atoms with Gasteiger partial charge < -0.3 is 9.88 Å². The predicted octanol–water partition coefficient (Wildman–Crippen LogP) is 3.29. The van der Waals surface area contributed by atoms with Crippen molar-refractivity contribution < 1.29 is 0 Å². The average Bonchev–Trinajstić information content (AvgIpc) is 2.75. The van der Waals surface area contributed by atoms with Gasteiger partial charge in [-0.25, -0.2) is 4.98 Å². The van der Waals surface area contributed by atoms with E-state index in [-0.39, 0.29) is 0 Å². The van der Waals surface area contributed by atoms with E-state index >= 15 is 0 Å². The molecule has 17 heavy (non-hydrogen) atoms. The molecule has 1 aromatic heterocycles. The van der Waals surface area contributed by atoms with E-state index < -0.39 is 0 Å². The van der Waals surface area contributed by atoms with Crippen LogP contribution in [0.4, 0.5) is 0 Å². The van der Waals surface area contributed by atoms with Gasteiger partial charge in [0.15, 0.2) is 0 Å². The lowest BCUT2D eigenvalue weighted by molar-refractivity contribution is 0.391. The van der Waals surface area contributed by atoms with Gasteiger partial charge in [-0.3, -0.25) is 0 Å². The van der Waals surface area contributed by atoms with Gasteiger partial charge in [-0.15, -0.1) is 0 Å². The fraction of sp³-hybridized carbons (Fsp3) is 0.786. The number of nitrogens with zero attached hydrogens (tertiary/aromatic N) is 2. The quantitative estimate of drug-likeness (QED) is 0.752. The Morgan fingerprint density at radius 2 is 2.18 bits per heavy atom. The maximum absolute atomic E-state index is 4.38. The first-order valence-corrected chi connectivity index (χ1v) is 6.89. The van der Waals surface area contributed by atoms with Crippen molar-refractivity contribution in [2.45, 2.75) is 52.5 Å². The summed E-state index contributed by atoms with van der Waals surface area (Å²) in [5, 5.41) is 3.60. The molecule has 1 rings (SSSR count). The first-order valence-electron chi connectivity index (χ1n) is 6.89. The molecule has 1 aromatic rings. The van der Waals surface area contributed by atoms with Crippen molar-refractivity contribution in [3.05, 3.63) is 18.2 Å². The van der Waals surface area contributed by atoms with Gasteiger partial charge in [-0.1, -0.05) is 33.1 Å². The number of imidazole rings is 1. The highest BCUT2D eigenvalue weighted by Crippen LogP contribution is 2.14. The summed E-state index contributed by atoms with van der Waals surface area (Å²) in [5.41, 5.74) is 0. The lowest BCUT2D eigenvalue weighted by Crippen LogP contribution is -2.27. The van der Waals surface area contributed by atoms with Crippen LogP contribution in [0.5, 0.6) is 0 Å². The van der Waals surface area contributed by atoms with Crippen molar-refractivity contribution in [1.82, 2.24) is 14.9 Å². The van der Waals surface area contributed by atoms with Gasteiger partial charge >= 0.3 is 0 Å². The zero-order valence-electron chi connectivity index (χ0n) is 11.7. The molecule has 2 atom stereocenters. The minimum absolute atomic E-state index is 0.339. The Morgan fingerprint density at radius 3 is 2.71 bits per heavy atom. The van der Waals surface area contributed by atoms with Crippen molar-refractivity contribution in [1.29, 1.82) is 0 Å². The van der Waals surface area contributed by atoms with E-state index in [4.69, 9.17) is 0 Å². The third-order valence-corrected chi connectivity index (χ3v) is 3.50. The van der Waals surface area contributed by atoms with Crippen LogP contribution in [0.25, 0.3) is 0 Å². The van der Waals surface area contributed by atoms with E-state index in [0.29, 0.717) is 6.04 Å². The maximum Gasteiger partial charge on any atom is 0.125 e. The van der Waals surface area contributed by atoms with Crippen LogP contribution in [0.3, 0.4) is 0 Å². The highest BCUT2D eigenvalue weighted by Gasteiger charge is 2.12. The number of unbranched alkanes of at least 4 members (excludes halogenated alkanes) is 1. The molecule has 0 aliphatic carbocycles. The van der Waals surface area contributed by atoms with Crippen LogP contribution in [0.1, 0.15) is 58.3 Å². The van der Waals surface area contributed by atoms with Gasteiger partial charge in [-0.2, -0.15) is 0 Å². The Morgan fingerprint density at radius 1 is 1.41 bits per heavy atom. The summed E-state index contributed by atoms with van der Waals surface area (Å²) in [6, 6.07) is 0.339. The molecular weight excluding hydrogens is 210 g/mol. The normalized spacial score (nSPS) is 14.8. The van der Waals surface area contributed by atoms with E-state index in [0.717, 1.165) is 18.3 Å². The molecule has 0 bridgehead atoms. The molecule has 3 heteroatoms. The Kier molecular flexibility index (Phi) is 6.27. The number of nitrogens with one attached hydrogen (secondary N) is 1. The van der Waals surface area contributed by atoms with E-state index in [1.54, 1.807) is 0 Å². The summed E-state index contributed by atoms with van der Waals surface area (Å²) in [4.78, 5) is 4.38. The molecule has 0 aromatic carbocycles. The number of rotatable bonds is 8.